The van der Waals surface area contributed by atoms with Gasteiger partial charge < -0.3 is 14.6 Å². The fraction of sp³-hybridized carbons (Fsp3) is 0.938. The van der Waals surface area contributed by atoms with E-state index in [2.05, 4.69) is 26.0 Å². The first-order valence-corrected chi connectivity index (χ1v) is 23.8. The first-order valence-electron chi connectivity index (χ1n) is 23.8. The molecule has 4 heteroatoms. The van der Waals surface area contributed by atoms with Gasteiger partial charge in [0.1, 0.15) is 6.10 Å². The van der Waals surface area contributed by atoms with Gasteiger partial charge in [0.05, 0.1) is 13.2 Å². The van der Waals surface area contributed by atoms with Crippen LogP contribution in [0.25, 0.3) is 0 Å². The molecular formula is C48H94O4. The van der Waals surface area contributed by atoms with Crippen LogP contribution in [-0.4, -0.2) is 37.0 Å². The van der Waals surface area contributed by atoms with Crippen molar-refractivity contribution in [1.82, 2.24) is 0 Å². The van der Waals surface area contributed by atoms with Gasteiger partial charge in [0.15, 0.2) is 0 Å². The minimum absolute atomic E-state index is 0.166. The Bertz CT molecular complexity index is 692. The number of unbranched alkanes of at least 4 members (excludes halogenated alkanes) is 35. The Morgan fingerprint density at radius 1 is 0.442 bits per heavy atom. The molecule has 0 aromatic carbocycles. The summed E-state index contributed by atoms with van der Waals surface area (Å²) in [7, 11) is 0. The van der Waals surface area contributed by atoms with E-state index >= 15 is 0 Å². The Kier molecular flexibility index (Phi) is 45.5. The maximum absolute atomic E-state index is 12.2. The van der Waals surface area contributed by atoms with Crippen molar-refractivity contribution < 1.29 is 19.4 Å². The number of hydrogen-bond donors (Lipinski definition) is 1. The zero-order valence-corrected chi connectivity index (χ0v) is 35.6. The zero-order chi connectivity index (χ0) is 37.7. The quantitative estimate of drug-likeness (QED) is 0.0384. The average molecular weight is 735 g/mol. The monoisotopic (exact) mass is 735 g/mol. The largest absolute Gasteiger partial charge is 0.457 e. The normalized spacial score (nSPS) is 12.3. The van der Waals surface area contributed by atoms with Crippen LogP contribution in [0.3, 0.4) is 0 Å². The second-order valence-corrected chi connectivity index (χ2v) is 16.2. The van der Waals surface area contributed by atoms with E-state index in [-0.39, 0.29) is 12.6 Å². The Hall–Kier alpha value is -0.870. The van der Waals surface area contributed by atoms with E-state index in [9.17, 15) is 9.90 Å². The van der Waals surface area contributed by atoms with Gasteiger partial charge in [-0.1, -0.05) is 231 Å². The molecule has 52 heavy (non-hydrogen) atoms. The van der Waals surface area contributed by atoms with Gasteiger partial charge >= 0.3 is 5.97 Å². The van der Waals surface area contributed by atoms with Gasteiger partial charge in [-0.25, -0.2) is 0 Å². The SMILES string of the molecule is CCCCCCCCCC/C=C\CCCCCCCCCCCCOCC(CO)OC(=O)CCCCCCCCCCCCCCCCCCCC. The van der Waals surface area contributed by atoms with Gasteiger partial charge in [-0.3, -0.25) is 4.79 Å². The van der Waals surface area contributed by atoms with Crippen molar-refractivity contribution in [3.05, 3.63) is 12.2 Å². The molecule has 0 amide bonds. The van der Waals surface area contributed by atoms with Crippen LogP contribution in [0.1, 0.15) is 264 Å². The highest BCUT2D eigenvalue weighted by Crippen LogP contribution is 2.16. The van der Waals surface area contributed by atoms with Crippen molar-refractivity contribution >= 4 is 5.97 Å². The van der Waals surface area contributed by atoms with Crippen molar-refractivity contribution in [3.8, 4) is 0 Å². The lowest BCUT2D eigenvalue weighted by Gasteiger charge is -2.16. The van der Waals surface area contributed by atoms with Gasteiger partial charge in [-0.2, -0.15) is 0 Å². The molecule has 0 aliphatic rings. The van der Waals surface area contributed by atoms with Crippen LogP contribution in [-0.2, 0) is 14.3 Å². The number of aliphatic hydroxyl groups is 1. The Morgan fingerprint density at radius 3 is 1.10 bits per heavy atom. The third-order valence-electron chi connectivity index (χ3n) is 10.8. The van der Waals surface area contributed by atoms with Crippen LogP contribution >= 0.6 is 0 Å². The molecule has 0 bridgehead atoms. The second kappa shape index (κ2) is 46.3. The maximum atomic E-state index is 12.2. The summed E-state index contributed by atoms with van der Waals surface area (Å²) in [6, 6.07) is 0. The molecule has 0 radical (unpaired) electrons. The van der Waals surface area contributed by atoms with E-state index in [0.717, 1.165) is 19.3 Å². The molecule has 0 aliphatic heterocycles. The molecule has 0 aromatic rings. The third-order valence-corrected chi connectivity index (χ3v) is 10.8. The fourth-order valence-corrected chi connectivity index (χ4v) is 7.27. The summed E-state index contributed by atoms with van der Waals surface area (Å²) in [5, 5.41) is 9.63. The number of ether oxygens (including phenoxy) is 2. The number of hydrogen-bond acceptors (Lipinski definition) is 4. The van der Waals surface area contributed by atoms with E-state index < -0.39 is 6.10 Å². The molecular weight excluding hydrogens is 641 g/mol. The van der Waals surface area contributed by atoms with Crippen molar-refractivity contribution in [1.29, 1.82) is 0 Å². The van der Waals surface area contributed by atoms with E-state index in [1.54, 1.807) is 0 Å². The Balaban J connectivity index is 3.36. The van der Waals surface area contributed by atoms with Crippen molar-refractivity contribution in [2.24, 2.45) is 0 Å². The number of carbonyl (C=O) groups is 1. The van der Waals surface area contributed by atoms with Crippen LogP contribution in [0.4, 0.5) is 0 Å². The summed E-state index contributed by atoms with van der Waals surface area (Å²) in [5.74, 6) is -0.194. The summed E-state index contributed by atoms with van der Waals surface area (Å²) in [6.07, 6.45) is 55.7. The summed E-state index contributed by atoms with van der Waals surface area (Å²) in [5.41, 5.74) is 0. The van der Waals surface area contributed by atoms with Crippen molar-refractivity contribution in [2.45, 2.75) is 270 Å². The van der Waals surface area contributed by atoms with Crippen LogP contribution in [0.5, 0.6) is 0 Å². The standard InChI is InChI=1S/C48H94O4/c1-3-5-7-9-11-13-15-17-19-21-23-24-25-26-28-30-32-34-36-38-40-42-44-51-46-47(45-49)52-48(50)43-41-39-37-35-33-31-29-27-22-20-18-16-14-12-10-8-6-4-2/h21,23,47,49H,3-20,22,24-46H2,1-2H3/b23-21-. The smallest absolute Gasteiger partial charge is 0.306 e. The highest BCUT2D eigenvalue weighted by molar-refractivity contribution is 5.69. The summed E-state index contributed by atoms with van der Waals surface area (Å²) in [4.78, 5) is 12.2. The molecule has 310 valence electrons. The van der Waals surface area contributed by atoms with E-state index in [4.69, 9.17) is 9.47 Å². The number of esters is 1. The second-order valence-electron chi connectivity index (χ2n) is 16.2. The molecule has 0 aromatic heterocycles. The number of allylic oxidation sites excluding steroid dienone is 2. The van der Waals surface area contributed by atoms with E-state index in [1.807, 2.05) is 0 Å². The molecule has 1 N–H and O–H groups in total. The minimum atomic E-state index is -0.529. The first-order chi connectivity index (χ1) is 25.7. The van der Waals surface area contributed by atoms with Crippen LogP contribution < -0.4 is 0 Å². The fourth-order valence-electron chi connectivity index (χ4n) is 7.27. The van der Waals surface area contributed by atoms with Gasteiger partial charge in [0, 0.05) is 13.0 Å². The lowest BCUT2D eigenvalue weighted by Crippen LogP contribution is -2.27. The van der Waals surface area contributed by atoms with Crippen LogP contribution in [0, 0.1) is 0 Å². The predicted molar refractivity (Wildman–Crippen MR) is 228 cm³/mol. The van der Waals surface area contributed by atoms with Gasteiger partial charge in [-0.15, -0.1) is 0 Å². The summed E-state index contributed by atoms with van der Waals surface area (Å²) >= 11 is 0. The Morgan fingerprint density at radius 2 is 0.750 bits per heavy atom. The lowest BCUT2D eigenvalue weighted by atomic mass is 10.0. The molecule has 4 nitrogen and oxygen atoms in total. The third kappa shape index (κ3) is 43.5. The van der Waals surface area contributed by atoms with E-state index in [1.165, 1.54) is 225 Å². The topological polar surface area (TPSA) is 55.8 Å². The van der Waals surface area contributed by atoms with Gasteiger partial charge in [0.25, 0.3) is 0 Å². The van der Waals surface area contributed by atoms with Crippen LogP contribution in [0.2, 0.25) is 0 Å². The molecule has 0 rings (SSSR count). The molecule has 1 atom stereocenters. The zero-order valence-electron chi connectivity index (χ0n) is 35.6. The van der Waals surface area contributed by atoms with Gasteiger partial charge in [-0.05, 0) is 38.5 Å². The van der Waals surface area contributed by atoms with Crippen molar-refractivity contribution in [3.63, 3.8) is 0 Å². The Labute approximate surface area is 326 Å². The molecule has 0 spiro atoms. The number of rotatable bonds is 45. The minimum Gasteiger partial charge on any atom is -0.457 e. The average Bonchev–Trinajstić information content (AvgIpc) is 3.15. The first kappa shape index (κ1) is 51.1. The molecule has 0 saturated heterocycles. The predicted octanol–water partition coefficient (Wildman–Crippen LogP) is 15.7. The maximum Gasteiger partial charge on any atom is 0.306 e. The van der Waals surface area contributed by atoms with Crippen molar-refractivity contribution in [2.75, 3.05) is 19.8 Å². The molecule has 0 fully saturated rings. The molecule has 0 saturated carbocycles. The summed E-state index contributed by atoms with van der Waals surface area (Å²) < 4.78 is 11.2. The highest BCUT2D eigenvalue weighted by Gasteiger charge is 2.13. The van der Waals surface area contributed by atoms with E-state index in [0.29, 0.717) is 19.6 Å². The molecule has 0 heterocycles. The number of aliphatic hydroxyl groups excluding tert-OH is 1. The lowest BCUT2D eigenvalue weighted by molar-refractivity contribution is -0.154. The van der Waals surface area contributed by atoms with Crippen LogP contribution in [0.15, 0.2) is 12.2 Å². The molecule has 0 aliphatic carbocycles. The molecule has 1 unspecified atom stereocenters. The highest BCUT2D eigenvalue weighted by atomic mass is 16.6. The summed E-state index contributed by atoms with van der Waals surface area (Å²) in [6.45, 7) is 5.40. The van der Waals surface area contributed by atoms with Gasteiger partial charge in [0.2, 0.25) is 0 Å². The number of carbonyl (C=O) groups excluding carboxylic acids is 1.